The van der Waals surface area contributed by atoms with Gasteiger partial charge in [-0.3, -0.25) is 4.90 Å². The molecule has 0 saturated carbocycles. The molecule has 0 aliphatic carbocycles. The van der Waals surface area contributed by atoms with Gasteiger partial charge >= 0.3 is 0 Å². The van der Waals surface area contributed by atoms with Crippen LogP contribution in [0.15, 0.2) is 12.1 Å². The van der Waals surface area contributed by atoms with Crippen molar-refractivity contribution >= 4 is 0 Å². The van der Waals surface area contributed by atoms with E-state index in [1.807, 2.05) is 19.1 Å². The van der Waals surface area contributed by atoms with Crippen LogP contribution < -0.4 is 14.8 Å². The summed E-state index contributed by atoms with van der Waals surface area (Å²) in [5.41, 5.74) is 1.79. The highest BCUT2D eigenvalue weighted by Gasteiger charge is 2.20. The van der Waals surface area contributed by atoms with E-state index in [9.17, 15) is 5.11 Å². The molecule has 0 aromatic heterocycles. The smallest absolute Gasteiger partial charge is 0.125 e. The molecule has 1 aromatic rings. The Labute approximate surface area is 120 Å². The lowest BCUT2D eigenvalue weighted by Crippen LogP contribution is -2.45. The normalized spacial score (nSPS) is 17.8. The third-order valence-electron chi connectivity index (χ3n) is 3.75. The van der Waals surface area contributed by atoms with E-state index in [4.69, 9.17) is 9.47 Å². The molecule has 112 valence electrons. The van der Waals surface area contributed by atoms with Crippen molar-refractivity contribution in [3.05, 3.63) is 23.3 Å². The van der Waals surface area contributed by atoms with Crippen LogP contribution >= 0.6 is 0 Å². The molecule has 1 fully saturated rings. The van der Waals surface area contributed by atoms with Gasteiger partial charge in [-0.25, -0.2) is 0 Å². The molecule has 1 atom stereocenters. The lowest BCUT2D eigenvalue weighted by molar-refractivity contribution is 0.103. The standard InChI is InChI=1S/C15H24N2O3/c1-11-8-15(20-3)12(9-14(11)19-2)13(18)10-17-6-4-16-5-7-17/h8-9,13,16,18H,4-7,10H2,1-3H3. The Kier molecular flexibility index (Phi) is 5.23. The van der Waals surface area contributed by atoms with Crippen molar-refractivity contribution in [2.75, 3.05) is 46.9 Å². The van der Waals surface area contributed by atoms with E-state index in [1.54, 1.807) is 14.2 Å². The predicted molar refractivity (Wildman–Crippen MR) is 78.6 cm³/mol. The van der Waals surface area contributed by atoms with Crippen LogP contribution in [-0.2, 0) is 0 Å². The van der Waals surface area contributed by atoms with Gasteiger partial charge in [0.15, 0.2) is 0 Å². The summed E-state index contributed by atoms with van der Waals surface area (Å²) < 4.78 is 10.7. The van der Waals surface area contributed by atoms with Crippen LogP contribution in [0.1, 0.15) is 17.2 Å². The Morgan fingerprint density at radius 1 is 1.20 bits per heavy atom. The van der Waals surface area contributed by atoms with Crippen LogP contribution in [0.4, 0.5) is 0 Å². The molecule has 5 heteroatoms. The highest BCUT2D eigenvalue weighted by Crippen LogP contribution is 2.32. The Morgan fingerprint density at radius 3 is 2.45 bits per heavy atom. The van der Waals surface area contributed by atoms with E-state index >= 15 is 0 Å². The fraction of sp³-hybridized carbons (Fsp3) is 0.600. The van der Waals surface area contributed by atoms with Gasteiger partial charge in [0, 0.05) is 38.3 Å². The molecule has 1 saturated heterocycles. The second-order valence-electron chi connectivity index (χ2n) is 5.13. The maximum Gasteiger partial charge on any atom is 0.125 e. The minimum atomic E-state index is -0.572. The summed E-state index contributed by atoms with van der Waals surface area (Å²) in [6.07, 6.45) is -0.572. The van der Waals surface area contributed by atoms with Crippen LogP contribution in [0.2, 0.25) is 0 Å². The average molecular weight is 280 g/mol. The van der Waals surface area contributed by atoms with E-state index in [2.05, 4.69) is 10.2 Å². The van der Waals surface area contributed by atoms with Gasteiger partial charge in [0.1, 0.15) is 11.5 Å². The number of aryl methyl sites for hydroxylation is 1. The lowest BCUT2D eigenvalue weighted by atomic mass is 10.0. The lowest BCUT2D eigenvalue weighted by Gasteiger charge is -2.29. The van der Waals surface area contributed by atoms with Gasteiger partial charge in [-0.2, -0.15) is 0 Å². The summed E-state index contributed by atoms with van der Waals surface area (Å²) in [4.78, 5) is 2.26. The number of aliphatic hydroxyl groups excluding tert-OH is 1. The summed E-state index contributed by atoms with van der Waals surface area (Å²) in [6, 6.07) is 3.79. The molecule has 20 heavy (non-hydrogen) atoms. The number of aliphatic hydroxyl groups is 1. The first-order valence-corrected chi connectivity index (χ1v) is 6.99. The third-order valence-corrected chi connectivity index (χ3v) is 3.75. The van der Waals surface area contributed by atoms with Gasteiger partial charge < -0.3 is 19.9 Å². The van der Waals surface area contributed by atoms with Crippen molar-refractivity contribution < 1.29 is 14.6 Å². The maximum absolute atomic E-state index is 10.5. The third kappa shape index (κ3) is 3.42. The second kappa shape index (κ2) is 6.92. The highest BCUT2D eigenvalue weighted by molar-refractivity contribution is 5.47. The molecular weight excluding hydrogens is 256 g/mol. The number of nitrogens with zero attached hydrogens (tertiary/aromatic N) is 1. The van der Waals surface area contributed by atoms with Crippen LogP contribution in [0.25, 0.3) is 0 Å². The van der Waals surface area contributed by atoms with Crippen molar-refractivity contribution in [1.82, 2.24) is 10.2 Å². The van der Waals surface area contributed by atoms with Crippen molar-refractivity contribution in [3.8, 4) is 11.5 Å². The molecular formula is C15H24N2O3. The molecule has 1 aromatic carbocycles. The Bertz CT molecular complexity index is 445. The van der Waals surface area contributed by atoms with Gasteiger partial charge in [0.05, 0.1) is 20.3 Å². The van der Waals surface area contributed by atoms with Crippen molar-refractivity contribution in [3.63, 3.8) is 0 Å². The summed E-state index contributed by atoms with van der Waals surface area (Å²) in [5, 5.41) is 13.8. The zero-order chi connectivity index (χ0) is 14.5. The van der Waals surface area contributed by atoms with Gasteiger partial charge in [-0.15, -0.1) is 0 Å². The molecule has 0 amide bonds. The van der Waals surface area contributed by atoms with E-state index in [0.717, 1.165) is 43.1 Å². The fourth-order valence-corrected chi connectivity index (χ4v) is 2.57. The maximum atomic E-state index is 10.5. The number of rotatable bonds is 5. The van der Waals surface area contributed by atoms with Gasteiger partial charge in [0.2, 0.25) is 0 Å². The number of nitrogens with one attached hydrogen (secondary N) is 1. The Hall–Kier alpha value is -1.30. The van der Waals surface area contributed by atoms with Gasteiger partial charge in [-0.05, 0) is 24.6 Å². The van der Waals surface area contributed by atoms with Crippen LogP contribution in [-0.4, -0.2) is 56.9 Å². The van der Waals surface area contributed by atoms with Gasteiger partial charge in [0.25, 0.3) is 0 Å². The molecule has 5 nitrogen and oxygen atoms in total. The van der Waals surface area contributed by atoms with Crippen LogP contribution in [0.3, 0.4) is 0 Å². The molecule has 2 N–H and O–H groups in total. The second-order valence-corrected chi connectivity index (χ2v) is 5.13. The van der Waals surface area contributed by atoms with Gasteiger partial charge in [-0.1, -0.05) is 0 Å². The first-order valence-electron chi connectivity index (χ1n) is 6.99. The molecule has 1 aliphatic heterocycles. The number of benzene rings is 1. The van der Waals surface area contributed by atoms with E-state index < -0.39 is 6.10 Å². The van der Waals surface area contributed by atoms with Crippen molar-refractivity contribution in [2.45, 2.75) is 13.0 Å². The van der Waals surface area contributed by atoms with Crippen LogP contribution in [0, 0.1) is 6.92 Å². The topological polar surface area (TPSA) is 54.0 Å². The average Bonchev–Trinajstić information content (AvgIpc) is 2.47. The summed E-state index contributed by atoms with van der Waals surface area (Å²) in [7, 11) is 3.27. The quantitative estimate of drug-likeness (QED) is 0.841. The minimum absolute atomic E-state index is 0.572. The largest absolute Gasteiger partial charge is 0.496 e. The van der Waals surface area contributed by atoms with Crippen LogP contribution in [0.5, 0.6) is 11.5 Å². The number of methoxy groups -OCH3 is 2. The molecule has 1 unspecified atom stereocenters. The molecule has 1 aliphatic rings. The van der Waals surface area contributed by atoms with Crippen molar-refractivity contribution in [1.29, 1.82) is 0 Å². The zero-order valence-corrected chi connectivity index (χ0v) is 12.5. The summed E-state index contributed by atoms with van der Waals surface area (Å²) in [5.74, 6) is 1.49. The SMILES string of the molecule is COc1cc(C(O)CN2CCNCC2)c(OC)cc1C. The molecule has 0 spiro atoms. The first kappa shape index (κ1) is 15.1. The van der Waals surface area contributed by atoms with Crippen molar-refractivity contribution in [2.24, 2.45) is 0 Å². The molecule has 1 heterocycles. The van der Waals surface area contributed by atoms with E-state index in [-0.39, 0.29) is 0 Å². The number of hydrogen-bond acceptors (Lipinski definition) is 5. The zero-order valence-electron chi connectivity index (χ0n) is 12.5. The number of hydrogen-bond donors (Lipinski definition) is 2. The number of β-amino-alcohol motifs (C(OH)–C–C–N with tert-alkyl or cyclic N) is 1. The summed E-state index contributed by atoms with van der Waals surface area (Å²) >= 11 is 0. The molecule has 0 bridgehead atoms. The highest BCUT2D eigenvalue weighted by atomic mass is 16.5. The number of ether oxygens (including phenoxy) is 2. The van der Waals surface area contributed by atoms with E-state index in [1.165, 1.54) is 0 Å². The Balaban J connectivity index is 2.16. The minimum Gasteiger partial charge on any atom is -0.496 e. The fourth-order valence-electron chi connectivity index (χ4n) is 2.57. The number of piperazine rings is 1. The molecule has 2 rings (SSSR count). The monoisotopic (exact) mass is 280 g/mol. The first-order chi connectivity index (χ1) is 9.65. The Morgan fingerprint density at radius 2 is 1.85 bits per heavy atom. The van der Waals surface area contributed by atoms with E-state index in [0.29, 0.717) is 12.3 Å². The molecule has 0 radical (unpaired) electrons. The summed E-state index contributed by atoms with van der Waals surface area (Å²) in [6.45, 7) is 6.45. The predicted octanol–water partition coefficient (Wildman–Crippen LogP) is 0.951.